The first-order valence-electron chi connectivity index (χ1n) is 14.7. The van der Waals surface area contributed by atoms with Crippen molar-refractivity contribution in [2.75, 3.05) is 13.1 Å². The van der Waals surface area contributed by atoms with Gasteiger partial charge in [-0.05, 0) is 60.4 Å². The third-order valence-electron chi connectivity index (χ3n) is 8.37. The molecule has 3 unspecified atom stereocenters. The van der Waals surface area contributed by atoms with Gasteiger partial charge in [0, 0.05) is 6.54 Å². The van der Waals surface area contributed by atoms with Gasteiger partial charge in [0.25, 0.3) is 0 Å². The summed E-state index contributed by atoms with van der Waals surface area (Å²) in [5, 5.41) is 15.1. The predicted octanol–water partition coefficient (Wildman–Crippen LogP) is 5.51. The first kappa shape index (κ1) is 27.7. The molecule has 2 aromatic carbocycles. The summed E-state index contributed by atoms with van der Waals surface area (Å²) in [4.78, 5) is 42.4. The van der Waals surface area contributed by atoms with E-state index in [1.807, 2.05) is 20.0 Å². The number of hydrogen-bond acceptors (Lipinski definition) is 5. The summed E-state index contributed by atoms with van der Waals surface area (Å²) in [5.74, 6) is 1.36. The van der Waals surface area contributed by atoms with Crippen molar-refractivity contribution in [1.82, 2.24) is 35.5 Å². The molecule has 5 N–H and O–H groups in total. The van der Waals surface area contributed by atoms with Gasteiger partial charge in [0.1, 0.15) is 17.7 Å². The van der Waals surface area contributed by atoms with E-state index in [1.54, 1.807) is 11.1 Å². The highest BCUT2D eigenvalue weighted by atomic mass is 16.4. The number of aromatic nitrogens is 4. The zero-order valence-corrected chi connectivity index (χ0v) is 23.9. The van der Waals surface area contributed by atoms with Gasteiger partial charge in [0.15, 0.2) is 0 Å². The molecular formula is C32H37N7O3. The Morgan fingerprint density at radius 3 is 1.98 bits per heavy atom. The van der Waals surface area contributed by atoms with Gasteiger partial charge in [0.05, 0.1) is 35.9 Å². The number of nitrogens with zero attached hydrogens (tertiary/aromatic N) is 3. The van der Waals surface area contributed by atoms with E-state index in [2.05, 4.69) is 79.1 Å². The Hall–Kier alpha value is -4.44. The molecule has 2 amide bonds. The van der Waals surface area contributed by atoms with E-state index >= 15 is 0 Å². The van der Waals surface area contributed by atoms with Crippen molar-refractivity contribution in [3.8, 4) is 33.6 Å². The lowest BCUT2D eigenvalue weighted by molar-refractivity contribution is -0.135. The first-order chi connectivity index (χ1) is 20.4. The van der Waals surface area contributed by atoms with E-state index in [-0.39, 0.29) is 17.9 Å². The summed E-state index contributed by atoms with van der Waals surface area (Å²) in [6.45, 7) is 5.31. The molecule has 0 spiro atoms. The van der Waals surface area contributed by atoms with Crippen LogP contribution in [-0.4, -0.2) is 61.1 Å². The first-order valence-corrected chi connectivity index (χ1v) is 14.7. The molecule has 0 aliphatic carbocycles. The van der Waals surface area contributed by atoms with Gasteiger partial charge in [-0.25, -0.2) is 14.8 Å². The van der Waals surface area contributed by atoms with Crippen molar-refractivity contribution in [3.63, 3.8) is 0 Å². The van der Waals surface area contributed by atoms with Crippen molar-refractivity contribution < 1.29 is 14.7 Å². The lowest BCUT2D eigenvalue weighted by Gasteiger charge is -2.29. The van der Waals surface area contributed by atoms with Gasteiger partial charge in [-0.15, -0.1) is 0 Å². The summed E-state index contributed by atoms with van der Waals surface area (Å²) >= 11 is 0. The maximum absolute atomic E-state index is 13.3. The number of carboxylic acid groups (broad SMARTS) is 1. The zero-order chi connectivity index (χ0) is 29.2. The second kappa shape index (κ2) is 11.8. The van der Waals surface area contributed by atoms with Crippen LogP contribution < -0.4 is 10.6 Å². The number of imidazole rings is 2. The molecule has 10 nitrogen and oxygen atoms in total. The molecular weight excluding hydrogens is 530 g/mol. The van der Waals surface area contributed by atoms with Crippen LogP contribution in [0.1, 0.15) is 63.3 Å². The highest BCUT2D eigenvalue weighted by Gasteiger charge is 2.37. The molecule has 0 saturated carbocycles. The molecule has 2 aliphatic heterocycles. The fourth-order valence-corrected chi connectivity index (χ4v) is 6.06. The van der Waals surface area contributed by atoms with Crippen LogP contribution in [0.2, 0.25) is 0 Å². The van der Waals surface area contributed by atoms with Crippen LogP contribution in [0.5, 0.6) is 0 Å². The maximum atomic E-state index is 13.3. The van der Waals surface area contributed by atoms with Gasteiger partial charge in [-0.3, -0.25) is 4.79 Å². The predicted molar refractivity (Wildman–Crippen MR) is 160 cm³/mol. The molecule has 42 heavy (non-hydrogen) atoms. The summed E-state index contributed by atoms with van der Waals surface area (Å²) in [6.07, 6.45) is 6.44. The van der Waals surface area contributed by atoms with Crippen molar-refractivity contribution in [2.24, 2.45) is 5.92 Å². The number of carbonyl (C=O) groups is 2. The van der Waals surface area contributed by atoms with Crippen molar-refractivity contribution >= 4 is 12.0 Å². The third kappa shape index (κ3) is 5.67. The molecule has 0 radical (unpaired) electrons. The molecule has 3 atom stereocenters. The smallest absolute Gasteiger partial charge is 0.405 e. The second-order valence-corrected chi connectivity index (χ2v) is 11.5. The SMILES string of the molecule is CC(C)C(NC(=O)O)C(=O)N1CCCC1c1ncc(-c2ccc(-c3ccc(-c4cnc(C5CCCN5)[nH]4)cc3)cc2)[nH]1. The highest BCUT2D eigenvalue weighted by molar-refractivity contribution is 5.86. The number of H-pyrrole nitrogens is 2. The van der Waals surface area contributed by atoms with Crippen LogP contribution in [0.3, 0.4) is 0 Å². The number of amides is 2. The number of benzene rings is 2. The Morgan fingerprint density at radius 2 is 1.43 bits per heavy atom. The summed E-state index contributed by atoms with van der Waals surface area (Å²) in [5.41, 5.74) is 6.25. The van der Waals surface area contributed by atoms with Crippen LogP contribution >= 0.6 is 0 Å². The van der Waals surface area contributed by atoms with Crippen LogP contribution in [0.15, 0.2) is 60.9 Å². The molecule has 2 aliphatic rings. The second-order valence-electron chi connectivity index (χ2n) is 11.5. The minimum Gasteiger partial charge on any atom is -0.465 e. The molecule has 2 fully saturated rings. The van der Waals surface area contributed by atoms with E-state index in [4.69, 9.17) is 0 Å². The average Bonchev–Trinajstić information content (AvgIpc) is 3.81. The molecule has 4 aromatic rings. The topological polar surface area (TPSA) is 139 Å². The highest BCUT2D eigenvalue weighted by Crippen LogP contribution is 2.33. The number of carbonyl (C=O) groups excluding carboxylic acids is 1. The minimum absolute atomic E-state index is 0.158. The Bertz CT molecular complexity index is 1530. The molecule has 4 heterocycles. The number of aromatic amines is 2. The summed E-state index contributed by atoms with van der Waals surface area (Å²) < 4.78 is 0. The Morgan fingerprint density at radius 1 is 0.857 bits per heavy atom. The van der Waals surface area contributed by atoms with Gasteiger partial charge in [0.2, 0.25) is 5.91 Å². The van der Waals surface area contributed by atoms with E-state index in [9.17, 15) is 14.7 Å². The van der Waals surface area contributed by atoms with Gasteiger partial charge < -0.3 is 30.6 Å². The van der Waals surface area contributed by atoms with E-state index in [1.165, 1.54) is 6.42 Å². The third-order valence-corrected chi connectivity index (χ3v) is 8.37. The van der Waals surface area contributed by atoms with Crippen LogP contribution in [-0.2, 0) is 4.79 Å². The monoisotopic (exact) mass is 567 g/mol. The fourth-order valence-electron chi connectivity index (χ4n) is 6.06. The van der Waals surface area contributed by atoms with Crippen molar-refractivity contribution in [3.05, 3.63) is 72.6 Å². The van der Waals surface area contributed by atoms with Crippen LogP contribution in [0.25, 0.3) is 33.6 Å². The van der Waals surface area contributed by atoms with Crippen molar-refractivity contribution in [2.45, 2.75) is 57.7 Å². The molecule has 10 heteroatoms. The molecule has 6 rings (SSSR count). The van der Waals surface area contributed by atoms with Gasteiger partial charge in [-0.1, -0.05) is 62.4 Å². The lowest BCUT2D eigenvalue weighted by atomic mass is 10.0. The quantitative estimate of drug-likeness (QED) is 0.190. The molecule has 218 valence electrons. The normalized spacial score (nSPS) is 19.4. The van der Waals surface area contributed by atoms with E-state index < -0.39 is 12.1 Å². The largest absolute Gasteiger partial charge is 0.465 e. The van der Waals surface area contributed by atoms with Crippen molar-refractivity contribution in [1.29, 1.82) is 0 Å². The number of likely N-dealkylation sites (tertiary alicyclic amines) is 1. The van der Waals surface area contributed by atoms with Gasteiger partial charge >= 0.3 is 6.09 Å². The molecule has 0 bridgehead atoms. The zero-order valence-electron chi connectivity index (χ0n) is 23.9. The Kier molecular flexibility index (Phi) is 7.80. The van der Waals surface area contributed by atoms with E-state index in [0.717, 1.165) is 71.1 Å². The van der Waals surface area contributed by atoms with Gasteiger partial charge in [-0.2, -0.15) is 0 Å². The minimum atomic E-state index is -1.19. The van der Waals surface area contributed by atoms with E-state index in [0.29, 0.717) is 12.6 Å². The summed E-state index contributed by atoms with van der Waals surface area (Å²) in [7, 11) is 0. The van der Waals surface area contributed by atoms with Crippen LogP contribution in [0, 0.1) is 5.92 Å². The Labute approximate surface area is 245 Å². The average molecular weight is 568 g/mol. The number of nitrogens with one attached hydrogen (secondary N) is 4. The maximum Gasteiger partial charge on any atom is 0.405 e. The number of rotatable bonds is 8. The lowest BCUT2D eigenvalue weighted by Crippen LogP contribution is -2.50. The number of hydrogen-bond donors (Lipinski definition) is 5. The molecule has 2 aromatic heterocycles. The fraction of sp³-hybridized carbons (Fsp3) is 0.375. The summed E-state index contributed by atoms with van der Waals surface area (Å²) in [6, 6.07) is 16.2. The van der Waals surface area contributed by atoms with Crippen LogP contribution in [0.4, 0.5) is 4.79 Å². The standard InChI is InChI=1S/C32H37N7O3/c1-19(2)28(38-32(41)42)31(40)39-16-4-6-27(39)30-35-18-26(37-30)23-13-9-21(10-14-23)20-7-11-22(12-8-20)25-17-34-29(36-25)24-5-3-15-33-24/h7-14,17-19,24,27-28,33,38H,3-6,15-16H2,1-2H3,(H,34,36)(H,35,37)(H,41,42). The Balaban J connectivity index is 1.13. The molecule has 2 saturated heterocycles.